The molecule has 0 amide bonds. The second-order valence-electron chi connectivity index (χ2n) is 12.6. The highest BCUT2D eigenvalue weighted by molar-refractivity contribution is 7.71. The molecule has 0 bridgehead atoms. The van der Waals surface area contributed by atoms with E-state index in [1.165, 1.54) is 91.0 Å². The molecule has 3 aromatic rings. The maximum Gasteiger partial charge on any atom is 0.0867 e. The summed E-state index contributed by atoms with van der Waals surface area (Å²) < 4.78 is 0. The van der Waals surface area contributed by atoms with Gasteiger partial charge in [-0.2, -0.15) is 0 Å². The molecule has 0 aliphatic carbocycles. The summed E-state index contributed by atoms with van der Waals surface area (Å²) in [5.74, 6) is 0. The zero-order valence-electron chi connectivity index (χ0n) is 27.9. The Bertz CT molecular complexity index is 1060. The molecule has 1 N–H and O–H groups in total. The Kier molecular flexibility index (Phi) is 15.3. The molecule has 42 heavy (non-hydrogen) atoms. The second kappa shape index (κ2) is 18.3. The van der Waals surface area contributed by atoms with Crippen LogP contribution in [0.3, 0.4) is 0 Å². The second-order valence-corrected chi connectivity index (χ2v) is 23.9. The maximum absolute atomic E-state index is 4.15. The minimum absolute atomic E-state index is 0.635. The van der Waals surface area contributed by atoms with Crippen molar-refractivity contribution in [2.45, 2.75) is 123 Å². The van der Waals surface area contributed by atoms with Gasteiger partial charge in [-0.05, 0) is 22.6 Å². The molecule has 0 atom stereocenters. The minimum atomic E-state index is -1.52. The van der Waals surface area contributed by atoms with Crippen molar-refractivity contribution in [3.05, 3.63) is 84.4 Å². The smallest absolute Gasteiger partial charge is 0.0867 e. The fourth-order valence-electron chi connectivity index (χ4n) is 7.73. The van der Waals surface area contributed by atoms with E-state index < -0.39 is 24.2 Å². The van der Waals surface area contributed by atoms with Gasteiger partial charge in [0.1, 0.15) is 0 Å². The minimum Gasteiger partial charge on any atom is -0.288 e. The van der Waals surface area contributed by atoms with Gasteiger partial charge in [-0.1, -0.05) is 206 Å². The third kappa shape index (κ3) is 9.24. The molecule has 0 aliphatic heterocycles. The van der Waals surface area contributed by atoms with Crippen molar-refractivity contribution < 1.29 is 0 Å². The van der Waals surface area contributed by atoms with Crippen LogP contribution in [0.15, 0.2) is 78.9 Å². The summed E-state index contributed by atoms with van der Waals surface area (Å²) in [7, 11) is -3.67. The first-order valence-electron chi connectivity index (χ1n) is 17.3. The third-order valence-electron chi connectivity index (χ3n) is 9.33. The first kappa shape index (κ1) is 35.0. The monoisotopic (exact) mass is 617 g/mol. The van der Waals surface area contributed by atoms with Crippen molar-refractivity contribution in [3.8, 4) is 0 Å². The Hall–Kier alpha value is -1.52. The highest BCUT2D eigenvalue weighted by atomic mass is 31.1. The first-order valence-corrected chi connectivity index (χ1v) is 23.9. The molecule has 230 valence electrons. The van der Waals surface area contributed by atoms with Crippen LogP contribution in [0.25, 0.3) is 0 Å². The molecule has 0 fully saturated rings. The Morgan fingerprint density at radius 3 is 1.29 bits per heavy atom. The molecule has 3 rings (SSSR count). The largest absolute Gasteiger partial charge is 0.288 e. The van der Waals surface area contributed by atoms with E-state index in [4.69, 9.17) is 0 Å². The van der Waals surface area contributed by atoms with E-state index in [0.29, 0.717) is 0 Å². The van der Waals surface area contributed by atoms with E-state index in [0.717, 1.165) is 13.0 Å². The van der Waals surface area contributed by atoms with Gasteiger partial charge in [0.25, 0.3) is 0 Å². The van der Waals surface area contributed by atoms with Gasteiger partial charge in [0.15, 0.2) is 0 Å². The number of hydrogen-bond acceptors (Lipinski definition) is 1. The molecule has 0 heterocycles. The van der Waals surface area contributed by atoms with E-state index in [2.05, 4.69) is 125 Å². The average Bonchev–Trinajstić information content (AvgIpc) is 3.01. The lowest BCUT2D eigenvalue weighted by Crippen LogP contribution is -2.49. The molecule has 1 nitrogen and oxygen atoms in total. The Balaban J connectivity index is 2.08. The van der Waals surface area contributed by atoms with Crippen LogP contribution in [0.4, 0.5) is 0 Å². The Morgan fingerprint density at radius 2 is 0.905 bits per heavy atom. The highest BCUT2D eigenvalue weighted by Crippen LogP contribution is 2.32. The Morgan fingerprint density at radius 1 is 0.500 bits per heavy atom. The van der Waals surface area contributed by atoms with E-state index in [1.54, 1.807) is 10.4 Å². The molecule has 0 unspecified atom stereocenters. The lowest BCUT2D eigenvalue weighted by Gasteiger charge is -2.34. The first-order chi connectivity index (χ1) is 20.5. The number of rotatable bonds is 20. The number of nitrogens with one attached hydrogen (secondary N) is 1. The summed E-state index contributed by atoms with van der Waals surface area (Å²) in [6, 6.07) is 39.6. The van der Waals surface area contributed by atoms with E-state index in [1.807, 2.05) is 0 Å². The molecular formula is C38H60NPSi2. The number of benzene rings is 3. The van der Waals surface area contributed by atoms with Crippen LogP contribution >= 0.6 is 8.07 Å². The van der Waals surface area contributed by atoms with Gasteiger partial charge in [-0.15, -0.1) is 0 Å². The zero-order chi connectivity index (χ0) is 30.3. The van der Waals surface area contributed by atoms with Crippen LogP contribution in [0.1, 0.15) is 85.6 Å². The fraction of sp³-hybridized carbons (Fsp3) is 0.526. The van der Waals surface area contributed by atoms with Crippen LogP contribution in [0.5, 0.6) is 0 Å². The van der Waals surface area contributed by atoms with Crippen molar-refractivity contribution in [3.63, 3.8) is 0 Å². The van der Waals surface area contributed by atoms with Crippen molar-refractivity contribution in [1.29, 1.82) is 0 Å². The standard InChI is InChI=1S/C38H60NPSi2/c1-7-26-41(27-8-2,28-9-3)37-22-16-20-35(32-37)40(39-25-24-34-18-14-13-15-19-34)36-21-17-23-38(33-36)42(29-10-4,30-11-5)31-12-6/h13-23,32-33,39H,7-12,24-31H2,1-6H3. The SMILES string of the molecule is CCC[Si](CCC)(CCC)c1cccc(P(NCCc2ccccc2)c2cccc([Si](CCC)(CCC)CCC)c2)c1. The van der Waals surface area contributed by atoms with Gasteiger partial charge >= 0.3 is 0 Å². The molecule has 0 radical (unpaired) electrons. The van der Waals surface area contributed by atoms with Crippen LogP contribution in [0, 0.1) is 0 Å². The summed E-state index contributed by atoms with van der Waals surface area (Å²) in [6.45, 7) is 15.4. The molecule has 3 aromatic carbocycles. The predicted molar refractivity (Wildman–Crippen MR) is 199 cm³/mol. The molecule has 0 aromatic heterocycles. The summed E-state index contributed by atoms with van der Waals surface area (Å²) in [4.78, 5) is 0. The van der Waals surface area contributed by atoms with Crippen LogP contribution in [-0.4, -0.2) is 22.7 Å². The predicted octanol–water partition coefficient (Wildman–Crippen LogP) is 9.64. The third-order valence-corrected chi connectivity index (χ3v) is 23.3. The van der Waals surface area contributed by atoms with Crippen molar-refractivity contribution in [2.24, 2.45) is 0 Å². The van der Waals surface area contributed by atoms with Gasteiger partial charge in [-0.25, -0.2) is 0 Å². The summed E-state index contributed by atoms with van der Waals surface area (Å²) in [5.41, 5.74) is 1.42. The van der Waals surface area contributed by atoms with E-state index in [9.17, 15) is 0 Å². The van der Waals surface area contributed by atoms with Gasteiger partial charge in [0, 0.05) is 14.6 Å². The van der Waals surface area contributed by atoms with Crippen molar-refractivity contribution in [1.82, 2.24) is 5.09 Å². The Labute approximate surface area is 263 Å². The number of hydrogen-bond donors (Lipinski definition) is 1. The average molecular weight is 618 g/mol. The highest BCUT2D eigenvalue weighted by Gasteiger charge is 2.34. The van der Waals surface area contributed by atoms with Gasteiger partial charge in [0.05, 0.1) is 16.1 Å². The summed E-state index contributed by atoms with van der Waals surface area (Å²) >= 11 is 0. The van der Waals surface area contributed by atoms with Crippen molar-refractivity contribution >= 4 is 45.2 Å². The molecule has 4 heteroatoms. The summed E-state index contributed by atoms with van der Waals surface area (Å²) in [6.07, 6.45) is 8.91. The summed E-state index contributed by atoms with van der Waals surface area (Å²) in [5, 5.41) is 10.6. The molecule has 0 spiro atoms. The maximum atomic E-state index is 4.15. The topological polar surface area (TPSA) is 12.0 Å². The quantitative estimate of drug-likeness (QED) is 0.0983. The van der Waals surface area contributed by atoms with Crippen LogP contribution in [-0.2, 0) is 6.42 Å². The molecule has 0 saturated heterocycles. The van der Waals surface area contributed by atoms with Crippen molar-refractivity contribution in [2.75, 3.05) is 6.54 Å². The van der Waals surface area contributed by atoms with Gasteiger partial charge in [0.2, 0.25) is 0 Å². The molecule has 0 saturated carbocycles. The van der Waals surface area contributed by atoms with Crippen LogP contribution in [0.2, 0.25) is 36.3 Å². The molecule has 0 aliphatic rings. The van der Waals surface area contributed by atoms with Crippen LogP contribution < -0.4 is 26.1 Å². The van der Waals surface area contributed by atoms with E-state index >= 15 is 0 Å². The fourth-order valence-corrected chi connectivity index (χ4v) is 20.8. The lowest BCUT2D eigenvalue weighted by atomic mass is 10.2. The van der Waals surface area contributed by atoms with Gasteiger partial charge < -0.3 is 0 Å². The van der Waals surface area contributed by atoms with Gasteiger partial charge in [-0.3, -0.25) is 5.09 Å². The molecular weight excluding hydrogens is 558 g/mol. The normalized spacial score (nSPS) is 12.3. The lowest BCUT2D eigenvalue weighted by molar-refractivity contribution is 0.902. The van der Waals surface area contributed by atoms with E-state index in [-0.39, 0.29) is 0 Å². The zero-order valence-corrected chi connectivity index (χ0v) is 30.7.